The number of rotatable bonds is 2. The van der Waals surface area contributed by atoms with Crippen molar-refractivity contribution in [2.45, 2.75) is 32.4 Å². The Morgan fingerprint density at radius 2 is 1.79 bits per heavy atom. The Hall–Kier alpha value is -3.29. The minimum Gasteiger partial charge on any atom is -0.340 e. The molecule has 5 rings (SSSR count). The van der Waals surface area contributed by atoms with Gasteiger partial charge in [0.2, 0.25) is 0 Å². The van der Waals surface area contributed by atoms with E-state index >= 15 is 0 Å². The summed E-state index contributed by atoms with van der Waals surface area (Å²) >= 11 is 0. The summed E-state index contributed by atoms with van der Waals surface area (Å²) in [5, 5.41) is 10.2. The van der Waals surface area contributed by atoms with Crippen molar-refractivity contribution in [3.8, 4) is 0 Å². The third-order valence-electron chi connectivity index (χ3n) is 5.87. The van der Waals surface area contributed by atoms with E-state index in [0.717, 1.165) is 42.5 Å². The average molecular weight is 390 g/mol. The molecule has 2 amide bonds. The summed E-state index contributed by atoms with van der Waals surface area (Å²) in [6, 6.07) is 8.79. The van der Waals surface area contributed by atoms with Gasteiger partial charge in [0.05, 0.1) is 0 Å². The minimum atomic E-state index is -0.767. The molecule has 2 aliphatic rings. The molecule has 3 aromatic rings. The molecular formula is C21H22N6O2. The molecule has 1 atom stereocenters. The van der Waals surface area contributed by atoms with Gasteiger partial charge in [-0.15, -0.1) is 10.2 Å². The Labute approximate surface area is 168 Å². The molecule has 0 spiro atoms. The maximum absolute atomic E-state index is 13.6. The van der Waals surface area contributed by atoms with E-state index in [2.05, 4.69) is 15.2 Å². The number of likely N-dealkylation sites (tertiary alicyclic amines) is 1. The first-order chi connectivity index (χ1) is 14.1. The Balaban J connectivity index is 1.58. The highest BCUT2D eigenvalue weighted by molar-refractivity contribution is 6.06. The topological polar surface area (TPSA) is 84.2 Å². The van der Waals surface area contributed by atoms with Crippen LogP contribution in [0.15, 0.2) is 36.5 Å². The Kier molecular flexibility index (Phi) is 4.26. The molecule has 148 valence electrons. The molecule has 1 unspecified atom stereocenters. The highest BCUT2D eigenvalue weighted by Crippen LogP contribution is 2.30. The van der Waals surface area contributed by atoms with Gasteiger partial charge >= 0.3 is 0 Å². The number of amides is 2. The zero-order valence-electron chi connectivity index (χ0n) is 16.3. The van der Waals surface area contributed by atoms with E-state index in [-0.39, 0.29) is 11.8 Å². The maximum Gasteiger partial charge on any atom is 0.274 e. The van der Waals surface area contributed by atoms with Crippen LogP contribution in [0.5, 0.6) is 0 Å². The number of pyridine rings is 1. The van der Waals surface area contributed by atoms with Gasteiger partial charge in [0.15, 0.2) is 11.9 Å². The first-order valence-electron chi connectivity index (χ1n) is 9.98. The normalized spacial score (nSPS) is 18.9. The van der Waals surface area contributed by atoms with Gasteiger partial charge < -0.3 is 14.4 Å². The Bertz CT molecular complexity index is 1100. The fourth-order valence-electron chi connectivity index (χ4n) is 4.35. The van der Waals surface area contributed by atoms with Crippen molar-refractivity contribution >= 4 is 22.6 Å². The van der Waals surface area contributed by atoms with Crippen molar-refractivity contribution < 1.29 is 9.59 Å². The number of nitrogens with zero attached hydrogens (tertiary/aromatic N) is 6. The standard InChI is InChI=1S/C21H22N6O2/c1-14-23-24-19-18(21(29)25-10-4-5-11-25)27(13-12-26(14)19)20(28)17-16-7-3-2-6-15(16)8-9-22-17/h2-3,6-9,18H,4-5,10-13H2,1H3. The van der Waals surface area contributed by atoms with E-state index in [1.807, 2.05) is 46.7 Å². The summed E-state index contributed by atoms with van der Waals surface area (Å²) < 4.78 is 1.94. The van der Waals surface area contributed by atoms with E-state index in [4.69, 9.17) is 0 Å². The molecule has 1 saturated heterocycles. The van der Waals surface area contributed by atoms with Crippen LogP contribution in [-0.2, 0) is 11.3 Å². The van der Waals surface area contributed by atoms with Crippen LogP contribution in [0.2, 0.25) is 0 Å². The van der Waals surface area contributed by atoms with Crippen LogP contribution in [0.25, 0.3) is 10.8 Å². The zero-order chi connectivity index (χ0) is 20.0. The predicted molar refractivity (Wildman–Crippen MR) is 106 cm³/mol. The quantitative estimate of drug-likeness (QED) is 0.668. The molecule has 2 aliphatic heterocycles. The molecule has 0 radical (unpaired) electrons. The van der Waals surface area contributed by atoms with E-state index in [1.165, 1.54) is 0 Å². The van der Waals surface area contributed by atoms with E-state index < -0.39 is 6.04 Å². The molecule has 1 aromatic carbocycles. The fraction of sp³-hybridized carbons (Fsp3) is 0.381. The van der Waals surface area contributed by atoms with Crippen LogP contribution in [0.1, 0.15) is 41.0 Å². The summed E-state index contributed by atoms with van der Waals surface area (Å²) in [4.78, 5) is 34.8. The molecule has 29 heavy (non-hydrogen) atoms. The van der Waals surface area contributed by atoms with E-state index in [1.54, 1.807) is 11.1 Å². The summed E-state index contributed by atoms with van der Waals surface area (Å²) in [7, 11) is 0. The van der Waals surface area contributed by atoms with Gasteiger partial charge in [-0.2, -0.15) is 0 Å². The zero-order valence-corrected chi connectivity index (χ0v) is 16.3. The van der Waals surface area contributed by atoms with Crippen molar-refractivity contribution in [1.82, 2.24) is 29.5 Å². The van der Waals surface area contributed by atoms with Crippen molar-refractivity contribution in [3.63, 3.8) is 0 Å². The lowest BCUT2D eigenvalue weighted by atomic mass is 10.1. The van der Waals surface area contributed by atoms with Crippen LogP contribution in [0, 0.1) is 6.92 Å². The molecule has 2 aromatic heterocycles. The average Bonchev–Trinajstić information content (AvgIpc) is 3.42. The number of benzene rings is 1. The van der Waals surface area contributed by atoms with Crippen molar-refractivity contribution in [2.24, 2.45) is 0 Å². The number of carbonyl (C=O) groups is 2. The van der Waals surface area contributed by atoms with Gasteiger partial charge in [-0.1, -0.05) is 24.3 Å². The summed E-state index contributed by atoms with van der Waals surface area (Å²) in [5.41, 5.74) is 0.368. The summed E-state index contributed by atoms with van der Waals surface area (Å²) in [5.74, 6) is 0.976. The predicted octanol–water partition coefficient (Wildman–Crippen LogP) is 1.95. The monoisotopic (exact) mass is 390 g/mol. The lowest BCUT2D eigenvalue weighted by Crippen LogP contribution is -2.49. The minimum absolute atomic E-state index is 0.0792. The third-order valence-corrected chi connectivity index (χ3v) is 5.87. The highest BCUT2D eigenvalue weighted by Gasteiger charge is 2.42. The van der Waals surface area contributed by atoms with Gasteiger partial charge in [0, 0.05) is 37.8 Å². The Morgan fingerprint density at radius 3 is 2.62 bits per heavy atom. The largest absolute Gasteiger partial charge is 0.340 e. The SMILES string of the molecule is Cc1nnc2n1CCN(C(=O)c1nccc3ccccc13)C2C(=O)N1CCCC1. The fourth-order valence-corrected chi connectivity index (χ4v) is 4.35. The second kappa shape index (κ2) is 6.95. The van der Waals surface area contributed by atoms with Crippen LogP contribution in [0.4, 0.5) is 0 Å². The first kappa shape index (κ1) is 17.8. The Morgan fingerprint density at radius 1 is 1.00 bits per heavy atom. The number of aryl methyl sites for hydroxylation is 1. The second-order valence-corrected chi connectivity index (χ2v) is 7.57. The molecule has 0 N–H and O–H groups in total. The highest BCUT2D eigenvalue weighted by atomic mass is 16.2. The molecule has 0 aliphatic carbocycles. The molecular weight excluding hydrogens is 368 g/mol. The van der Waals surface area contributed by atoms with Crippen LogP contribution < -0.4 is 0 Å². The molecule has 1 fully saturated rings. The summed E-state index contributed by atoms with van der Waals surface area (Å²) in [6.07, 6.45) is 3.62. The van der Waals surface area contributed by atoms with E-state index in [9.17, 15) is 9.59 Å². The third kappa shape index (κ3) is 2.86. The molecule has 4 heterocycles. The maximum atomic E-state index is 13.6. The number of hydrogen-bond donors (Lipinski definition) is 0. The van der Waals surface area contributed by atoms with Gasteiger partial charge in [-0.05, 0) is 31.2 Å². The lowest BCUT2D eigenvalue weighted by Gasteiger charge is -2.36. The van der Waals surface area contributed by atoms with Gasteiger partial charge in [0.25, 0.3) is 11.8 Å². The van der Waals surface area contributed by atoms with Gasteiger partial charge in [-0.25, -0.2) is 0 Å². The number of carbonyl (C=O) groups excluding carboxylic acids is 2. The van der Waals surface area contributed by atoms with Gasteiger partial charge in [-0.3, -0.25) is 14.6 Å². The van der Waals surface area contributed by atoms with Crippen LogP contribution in [-0.4, -0.2) is 61.0 Å². The number of hydrogen-bond acceptors (Lipinski definition) is 5. The van der Waals surface area contributed by atoms with Crippen molar-refractivity contribution in [1.29, 1.82) is 0 Å². The number of fused-ring (bicyclic) bond motifs is 2. The number of aromatic nitrogens is 4. The lowest BCUT2D eigenvalue weighted by molar-refractivity contribution is -0.136. The molecule has 8 heteroatoms. The molecule has 0 bridgehead atoms. The second-order valence-electron chi connectivity index (χ2n) is 7.57. The molecule has 8 nitrogen and oxygen atoms in total. The van der Waals surface area contributed by atoms with E-state index in [0.29, 0.717) is 24.6 Å². The van der Waals surface area contributed by atoms with Crippen LogP contribution in [0.3, 0.4) is 0 Å². The van der Waals surface area contributed by atoms with Crippen LogP contribution >= 0.6 is 0 Å². The molecule has 0 saturated carbocycles. The van der Waals surface area contributed by atoms with Crippen molar-refractivity contribution in [3.05, 3.63) is 53.9 Å². The summed E-state index contributed by atoms with van der Waals surface area (Å²) in [6.45, 7) is 4.29. The van der Waals surface area contributed by atoms with Crippen molar-refractivity contribution in [2.75, 3.05) is 19.6 Å². The van der Waals surface area contributed by atoms with Gasteiger partial charge in [0.1, 0.15) is 11.5 Å². The first-order valence-corrected chi connectivity index (χ1v) is 9.98. The smallest absolute Gasteiger partial charge is 0.274 e.